The number of rotatable bonds is 4. The lowest BCUT2D eigenvalue weighted by molar-refractivity contribution is 0.189. The van der Waals surface area contributed by atoms with Crippen LogP contribution in [0.5, 0.6) is 5.75 Å². The van der Waals surface area contributed by atoms with Crippen LogP contribution < -0.4 is 10.5 Å². The first kappa shape index (κ1) is 11.7. The van der Waals surface area contributed by atoms with Crippen LogP contribution in [-0.2, 0) is 4.74 Å². The summed E-state index contributed by atoms with van der Waals surface area (Å²) >= 11 is 0. The summed E-state index contributed by atoms with van der Waals surface area (Å²) in [5.41, 5.74) is 5.42. The molecule has 1 aliphatic rings. The molecular weight excluding hydrogens is 223 g/mol. The number of aliphatic imine (C=N–C) groups is 1. The van der Waals surface area contributed by atoms with Gasteiger partial charge in [0.15, 0.2) is 0 Å². The van der Waals surface area contributed by atoms with Crippen LogP contribution in [0.2, 0.25) is 0 Å². The Kier molecular flexibility index (Phi) is 3.46. The molecule has 17 heavy (non-hydrogen) atoms. The van der Waals surface area contributed by atoms with Gasteiger partial charge in [-0.2, -0.15) is 0 Å². The van der Waals surface area contributed by atoms with Gasteiger partial charge in [-0.05, 0) is 31.2 Å². The highest BCUT2D eigenvalue weighted by Gasteiger charge is 2.20. The fourth-order valence-electron chi connectivity index (χ4n) is 1.73. The first-order valence-electron chi connectivity index (χ1n) is 5.52. The van der Waals surface area contributed by atoms with E-state index in [9.17, 15) is 4.39 Å². The van der Waals surface area contributed by atoms with Crippen LogP contribution in [0, 0.1) is 5.82 Å². The predicted molar refractivity (Wildman–Crippen MR) is 62.5 cm³/mol. The van der Waals surface area contributed by atoms with E-state index in [4.69, 9.17) is 15.2 Å². The van der Waals surface area contributed by atoms with Gasteiger partial charge in [0, 0.05) is 6.42 Å². The maximum absolute atomic E-state index is 12.7. The Hall–Kier alpha value is -1.78. The summed E-state index contributed by atoms with van der Waals surface area (Å²) < 4.78 is 23.4. The minimum absolute atomic E-state index is 0.0243. The average molecular weight is 238 g/mol. The normalized spacial score (nSPS) is 20.6. The first-order valence-corrected chi connectivity index (χ1v) is 5.52. The second-order valence-corrected chi connectivity index (χ2v) is 4.05. The number of benzene rings is 1. The summed E-state index contributed by atoms with van der Waals surface area (Å²) in [4.78, 5) is 4.12. The summed E-state index contributed by atoms with van der Waals surface area (Å²) in [5, 5.41) is 0. The number of hydrogen-bond donors (Lipinski definition) is 1. The Labute approximate surface area is 99.2 Å². The van der Waals surface area contributed by atoms with Crippen molar-refractivity contribution < 1.29 is 13.9 Å². The van der Waals surface area contributed by atoms with Crippen molar-refractivity contribution in [2.24, 2.45) is 10.7 Å². The van der Waals surface area contributed by atoms with Gasteiger partial charge in [0.2, 0.25) is 0 Å². The minimum atomic E-state index is -0.272. The maximum Gasteiger partial charge on any atom is 0.282 e. The maximum atomic E-state index is 12.7. The summed E-state index contributed by atoms with van der Waals surface area (Å²) in [6.45, 7) is 2.44. The Balaban J connectivity index is 1.85. The van der Waals surface area contributed by atoms with E-state index in [0.29, 0.717) is 12.4 Å². The van der Waals surface area contributed by atoms with E-state index >= 15 is 0 Å². The topological polar surface area (TPSA) is 56.8 Å². The Morgan fingerprint density at radius 3 is 2.82 bits per heavy atom. The highest BCUT2D eigenvalue weighted by molar-refractivity contribution is 5.72. The van der Waals surface area contributed by atoms with Crippen molar-refractivity contribution in [3.8, 4) is 5.75 Å². The van der Waals surface area contributed by atoms with Crippen LogP contribution in [0.25, 0.3) is 0 Å². The van der Waals surface area contributed by atoms with Crippen LogP contribution in [0.15, 0.2) is 29.3 Å². The highest BCUT2D eigenvalue weighted by Crippen LogP contribution is 2.17. The third-order valence-corrected chi connectivity index (χ3v) is 2.49. The molecular formula is C12H15FN2O2. The van der Waals surface area contributed by atoms with Crippen molar-refractivity contribution in [3.05, 3.63) is 30.1 Å². The largest absolute Gasteiger partial charge is 0.491 e. The Morgan fingerprint density at radius 2 is 2.24 bits per heavy atom. The summed E-state index contributed by atoms with van der Waals surface area (Å²) in [7, 11) is 0. The molecule has 0 bridgehead atoms. The van der Waals surface area contributed by atoms with Gasteiger partial charge in [0.25, 0.3) is 6.02 Å². The van der Waals surface area contributed by atoms with E-state index in [0.717, 1.165) is 6.42 Å². The summed E-state index contributed by atoms with van der Waals surface area (Å²) in [6, 6.07) is 6.24. The van der Waals surface area contributed by atoms with Gasteiger partial charge in [-0.3, -0.25) is 0 Å². The molecule has 0 unspecified atom stereocenters. The van der Waals surface area contributed by atoms with Gasteiger partial charge in [0.1, 0.15) is 18.2 Å². The summed E-state index contributed by atoms with van der Waals surface area (Å²) in [5.74, 6) is 0.376. The molecule has 0 fully saturated rings. The predicted octanol–water partition coefficient (Wildman–Crippen LogP) is 1.70. The quantitative estimate of drug-likeness (QED) is 0.868. The lowest BCUT2D eigenvalue weighted by Crippen LogP contribution is -2.20. The zero-order valence-electron chi connectivity index (χ0n) is 9.60. The summed E-state index contributed by atoms with van der Waals surface area (Å²) in [6.07, 6.45) is 0.696. The lowest BCUT2D eigenvalue weighted by Gasteiger charge is -2.16. The van der Waals surface area contributed by atoms with Gasteiger partial charge in [-0.25, -0.2) is 9.38 Å². The second-order valence-electron chi connectivity index (χ2n) is 4.05. The molecule has 0 amide bonds. The van der Waals surface area contributed by atoms with Crippen molar-refractivity contribution in [3.63, 3.8) is 0 Å². The smallest absolute Gasteiger partial charge is 0.282 e. The number of hydrogen-bond acceptors (Lipinski definition) is 4. The zero-order valence-corrected chi connectivity index (χ0v) is 9.60. The first-order chi connectivity index (χ1) is 8.13. The molecule has 4 nitrogen and oxygen atoms in total. The fourth-order valence-corrected chi connectivity index (χ4v) is 1.73. The van der Waals surface area contributed by atoms with E-state index in [2.05, 4.69) is 4.99 Å². The molecule has 0 radical (unpaired) electrons. The molecule has 0 saturated carbocycles. The van der Waals surface area contributed by atoms with Gasteiger partial charge >= 0.3 is 0 Å². The van der Waals surface area contributed by atoms with Crippen LogP contribution in [-0.4, -0.2) is 24.8 Å². The van der Waals surface area contributed by atoms with Crippen LogP contribution >= 0.6 is 0 Å². The van der Waals surface area contributed by atoms with E-state index in [1.165, 1.54) is 12.1 Å². The standard InChI is InChI=1S/C12H15FN2O2/c1-8(6-10-7-16-12(14)15-10)17-11-4-2-9(13)3-5-11/h2-5,8,10H,6-7H2,1H3,(H2,14,15)/t8-,10-/m0/s1. The molecule has 0 spiro atoms. The van der Waals surface area contributed by atoms with Crippen LogP contribution in [0.1, 0.15) is 13.3 Å². The molecule has 1 aliphatic heterocycles. The lowest BCUT2D eigenvalue weighted by atomic mass is 10.1. The van der Waals surface area contributed by atoms with Crippen LogP contribution in [0.4, 0.5) is 4.39 Å². The van der Waals surface area contributed by atoms with E-state index in [1.807, 2.05) is 6.92 Å². The van der Waals surface area contributed by atoms with Gasteiger partial charge in [-0.15, -0.1) is 0 Å². The molecule has 92 valence electrons. The number of halogens is 1. The monoisotopic (exact) mass is 238 g/mol. The van der Waals surface area contributed by atoms with E-state index < -0.39 is 0 Å². The number of ether oxygens (including phenoxy) is 2. The molecule has 0 saturated heterocycles. The van der Waals surface area contributed by atoms with Crippen molar-refractivity contribution in [2.45, 2.75) is 25.5 Å². The highest BCUT2D eigenvalue weighted by atomic mass is 19.1. The van der Waals surface area contributed by atoms with E-state index in [-0.39, 0.29) is 24.0 Å². The Morgan fingerprint density at radius 1 is 1.53 bits per heavy atom. The number of amidine groups is 1. The molecule has 5 heteroatoms. The molecule has 2 rings (SSSR count). The second kappa shape index (κ2) is 5.03. The molecule has 1 aromatic rings. The molecule has 1 heterocycles. The number of nitrogens with two attached hydrogens (primary N) is 1. The van der Waals surface area contributed by atoms with Crippen molar-refractivity contribution >= 4 is 6.02 Å². The third-order valence-electron chi connectivity index (χ3n) is 2.49. The van der Waals surface area contributed by atoms with Gasteiger partial charge in [-0.1, -0.05) is 0 Å². The van der Waals surface area contributed by atoms with E-state index in [1.54, 1.807) is 12.1 Å². The molecule has 2 N–H and O–H groups in total. The van der Waals surface area contributed by atoms with Crippen LogP contribution in [0.3, 0.4) is 0 Å². The average Bonchev–Trinajstić information content (AvgIpc) is 2.67. The number of nitrogens with zero attached hydrogens (tertiary/aromatic N) is 1. The molecule has 1 aromatic carbocycles. The van der Waals surface area contributed by atoms with Gasteiger partial charge in [0.05, 0.1) is 12.1 Å². The molecule has 2 atom stereocenters. The Bertz CT molecular complexity index is 405. The van der Waals surface area contributed by atoms with Crippen molar-refractivity contribution in [1.82, 2.24) is 0 Å². The van der Waals surface area contributed by atoms with Crippen molar-refractivity contribution in [1.29, 1.82) is 0 Å². The SMILES string of the molecule is C[C@@H](C[C@H]1COC(N)=N1)Oc1ccc(F)cc1. The van der Waals surface area contributed by atoms with Crippen molar-refractivity contribution in [2.75, 3.05) is 6.61 Å². The molecule has 0 aromatic heterocycles. The molecule has 0 aliphatic carbocycles. The minimum Gasteiger partial charge on any atom is -0.491 e. The fraction of sp³-hybridized carbons (Fsp3) is 0.417. The van der Waals surface area contributed by atoms with Gasteiger partial charge < -0.3 is 15.2 Å². The zero-order chi connectivity index (χ0) is 12.3. The third kappa shape index (κ3) is 3.34.